The molecule has 0 aromatic heterocycles. The molecule has 0 atom stereocenters. The van der Waals surface area contributed by atoms with E-state index in [0.29, 0.717) is 0 Å². The van der Waals surface area contributed by atoms with Crippen LogP contribution in [0.3, 0.4) is 0 Å². The fourth-order valence-corrected chi connectivity index (χ4v) is 2.27. The molecular formula is C17H23NO2. The Bertz CT molecular complexity index is 485. The molecule has 0 bridgehead atoms. The number of carbonyl (C=O) groups excluding carboxylic acids is 1. The number of hydrogen-bond acceptors (Lipinski definition) is 2. The van der Waals surface area contributed by atoms with Crippen molar-refractivity contribution in [3.8, 4) is 0 Å². The van der Waals surface area contributed by atoms with E-state index in [0.717, 1.165) is 37.1 Å². The third-order valence-corrected chi connectivity index (χ3v) is 3.16. The highest BCUT2D eigenvalue weighted by molar-refractivity contribution is 5.72. The van der Waals surface area contributed by atoms with Crippen LogP contribution < -0.4 is 0 Å². The maximum absolute atomic E-state index is 12.3. The lowest BCUT2D eigenvalue weighted by molar-refractivity contribution is 0.0289. The fourth-order valence-electron chi connectivity index (χ4n) is 2.27. The minimum atomic E-state index is -0.452. The number of hydrogen-bond donors (Lipinski definition) is 0. The van der Waals surface area contributed by atoms with Crippen LogP contribution in [0.1, 0.15) is 45.6 Å². The van der Waals surface area contributed by atoms with Crippen LogP contribution >= 0.6 is 0 Å². The highest BCUT2D eigenvalue weighted by Crippen LogP contribution is 2.25. The Labute approximate surface area is 121 Å². The summed E-state index contributed by atoms with van der Waals surface area (Å²) in [7, 11) is 0. The Morgan fingerprint density at radius 3 is 2.55 bits per heavy atom. The number of amides is 1. The third-order valence-electron chi connectivity index (χ3n) is 3.16. The first-order valence-electron chi connectivity index (χ1n) is 7.22. The molecule has 1 aromatic rings. The lowest BCUT2D eigenvalue weighted by Gasteiger charge is -2.32. The van der Waals surface area contributed by atoms with Gasteiger partial charge < -0.3 is 4.74 Å². The number of carbonyl (C=O) groups is 1. The fraction of sp³-hybridized carbons (Fsp3) is 0.471. The van der Waals surface area contributed by atoms with Gasteiger partial charge >= 0.3 is 6.09 Å². The largest absolute Gasteiger partial charge is 0.443 e. The van der Waals surface area contributed by atoms with E-state index in [2.05, 4.69) is 18.2 Å². The van der Waals surface area contributed by atoms with Crippen LogP contribution in [0.15, 0.2) is 36.0 Å². The van der Waals surface area contributed by atoms with Crippen LogP contribution in [0.5, 0.6) is 0 Å². The molecule has 1 aliphatic heterocycles. The zero-order valence-electron chi connectivity index (χ0n) is 12.6. The highest BCUT2D eigenvalue weighted by atomic mass is 16.6. The molecule has 1 heterocycles. The maximum atomic E-state index is 12.3. The van der Waals surface area contributed by atoms with Gasteiger partial charge in [-0.1, -0.05) is 30.3 Å². The first-order chi connectivity index (χ1) is 9.46. The molecule has 1 amide bonds. The first kappa shape index (κ1) is 14.6. The number of ether oxygens (including phenoxy) is 1. The molecule has 20 heavy (non-hydrogen) atoms. The van der Waals surface area contributed by atoms with Gasteiger partial charge in [0.2, 0.25) is 0 Å². The number of benzene rings is 1. The van der Waals surface area contributed by atoms with E-state index in [1.54, 1.807) is 4.90 Å². The molecule has 0 unspecified atom stereocenters. The molecular weight excluding hydrogens is 250 g/mol. The summed E-state index contributed by atoms with van der Waals surface area (Å²) in [5, 5.41) is 0. The van der Waals surface area contributed by atoms with Gasteiger partial charge in [0.15, 0.2) is 0 Å². The van der Waals surface area contributed by atoms with Gasteiger partial charge in [0, 0.05) is 12.2 Å². The van der Waals surface area contributed by atoms with E-state index < -0.39 is 5.60 Å². The Morgan fingerprint density at radius 2 is 1.90 bits per heavy atom. The smallest absolute Gasteiger partial charge is 0.414 e. The molecule has 0 saturated carbocycles. The van der Waals surface area contributed by atoms with Crippen LogP contribution in [0, 0.1) is 0 Å². The quantitative estimate of drug-likeness (QED) is 0.756. The molecule has 0 aliphatic carbocycles. The lowest BCUT2D eigenvalue weighted by atomic mass is 10.0. The zero-order valence-corrected chi connectivity index (χ0v) is 12.6. The standard InChI is InChI=1S/C17H23NO2/c1-17(2,3)20-16(19)18-12-8-7-11-15(18)13-14-9-5-4-6-10-14/h4-6,9-10,13H,7-8,11-12H2,1-3H3. The van der Waals surface area contributed by atoms with Gasteiger partial charge in [-0.2, -0.15) is 0 Å². The minimum Gasteiger partial charge on any atom is -0.443 e. The van der Waals surface area contributed by atoms with Crippen molar-refractivity contribution in [2.45, 2.75) is 45.6 Å². The number of likely N-dealkylation sites (tertiary alicyclic amines) is 1. The zero-order chi connectivity index (χ0) is 14.6. The number of rotatable bonds is 1. The summed E-state index contributed by atoms with van der Waals surface area (Å²) >= 11 is 0. The van der Waals surface area contributed by atoms with Crippen LogP contribution in [0.4, 0.5) is 4.79 Å². The van der Waals surface area contributed by atoms with Crippen LogP contribution in [-0.2, 0) is 4.74 Å². The summed E-state index contributed by atoms with van der Waals surface area (Å²) in [5.41, 5.74) is 1.72. The maximum Gasteiger partial charge on any atom is 0.414 e. The number of nitrogens with zero attached hydrogens (tertiary/aromatic N) is 1. The number of piperidine rings is 1. The highest BCUT2D eigenvalue weighted by Gasteiger charge is 2.26. The van der Waals surface area contributed by atoms with E-state index in [4.69, 9.17) is 4.74 Å². The summed E-state index contributed by atoms with van der Waals surface area (Å²) < 4.78 is 5.49. The van der Waals surface area contributed by atoms with Crippen molar-refractivity contribution in [2.24, 2.45) is 0 Å². The van der Waals surface area contributed by atoms with E-state index in [9.17, 15) is 4.79 Å². The van der Waals surface area contributed by atoms with E-state index >= 15 is 0 Å². The SMILES string of the molecule is CC(C)(C)OC(=O)N1CCCCC1=Cc1ccccc1. The van der Waals surface area contributed by atoms with Crippen LogP contribution in [0.2, 0.25) is 0 Å². The second-order valence-corrected chi connectivity index (χ2v) is 6.14. The van der Waals surface area contributed by atoms with Gasteiger partial charge in [0.25, 0.3) is 0 Å². The Balaban J connectivity index is 2.17. The summed E-state index contributed by atoms with van der Waals surface area (Å²) in [4.78, 5) is 14.1. The Hall–Kier alpha value is -1.77. The molecule has 3 nitrogen and oxygen atoms in total. The summed E-state index contributed by atoms with van der Waals surface area (Å²) in [5.74, 6) is 0. The van der Waals surface area contributed by atoms with Gasteiger partial charge in [0.1, 0.15) is 5.60 Å². The topological polar surface area (TPSA) is 29.5 Å². The average molecular weight is 273 g/mol. The van der Waals surface area contributed by atoms with Crippen molar-refractivity contribution in [3.63, 3.8) is 0 Å². The molecule has 1 saturated heterocycles. The Kier molecular flexibility index (Phi) is 4.48. The van der Waals surface area contributed by atoms with E-state index in [1.165, 1.54) is 0 Å². The lowest BCUT2D eigenvalue weighted by Crippen LogP contribution is -2.38. The second-order valence-electron chi connectivity index (χ2n) is 6.14. The van der Waals surface area contributed by atoms with Crippen molar-refractivity contribution in [1.29, 1.82) is 0 Å². The van der Waals surface area contributed by atoms with Crippen molar-refractivity contribution >= 4 is 12.2 Å². The summed E-state index contributed by atoms with van der Waals surface area (Å²) in [6, 6.07) is 10.1. The molecule has 1 fully saturated rings. The third kappa shape index (κ3) is 4.12. The predicted octanol–water partition coefficient (Wildman–Crippen LogP) is 4.45. The molecule has 0 N–H and O–H groups in total. The van der Waals surface area contributed by atoms with Crippen molar-refractivity contribution in [1.82, 2.24) is 4.90 Å². The summed E-state index contributed by atoms with van der Waals surface area (Å²) in [6.45, 7) is 6.44. The van der Waals surface area contributed by atoms with E-state index in [-0.39, 0.29) is 6.09 Å². The molecule has 2 rings (SSSR count). The van der Waals surface area contributed by atoms with Crippen molar-refractivity contribution in [3.05, 3.63) is 41.6 Å². The summed E-state index contributed by atoms with van der Waals surface area (Å²) in [6.07, 6.45) is 4.93. The number of allylic oxidation sites excluding steroid dienone is 1. The minimum absolute atomic E-state index is 0.237. The van der Waals surface area contributed by atoms with Crippen LogP contribution in [-0.4, -0.2) is 23.1 Å². The first-order valence-corrected chi connectivity index (χ1v) is 7.22. The van der Waals surface area contributed by atoms with Gasteiger partial charge in [-0.15, -0.1) is 0 Å². The Morgan fingerprint density at radius 1 is 1.20 bits per heavy atom. The molecule has 0 spiro atoms. The van der Waals surface area contributed by atoms with E-state index in [1.807, 2.05) is 39.0 Å². The van der Waals surface area contributed by atoms with Gasteiger partial charge in [0.05, 0.1) is 0 Å². The molecule has 1 aliphatic rings. The van der Waals surface area contributed by atoms with Gasteiger partial charge in [-0.05, 0) is 51.7 Å². The monoisotopic (exact) mass is 273 g/mol. The normalized spacial score (nSPS) is 18.1. The van der Waals surface area contributed by atoms with Crippen molar-refractivity contribution < 1.29 is 9.53 Å². The molecule has 3 heteroatoms. The molecule has 108 valence electrons. The predicted molar refractivity (Wildman–Crippen MR) is 81.2 cm³/mol. The van der Waals surface area contributed by atoms with Gasteiger partial charge in [-0.3, -0.25) is 4.90 Å². The van der Waals surface area contributed by atoms with Crippen molar-refractivity contribution in [2.75, 3.05) is 6.54 Å². The average Bonchev–Trinajstić information content (AvgIpc) is 2.38. The van der Waals surface area contributed by atoms with Gasteiger partial charge in [-0.25, -0.2) is 4.79 Å². The molecule has 0 radical (unpaired) electrons. The van der Waals surface area contributed by atoms with Crippen LogP contribution in [0.25, 0.3) is 6.08 Å². The molecule has 1 aromatic carbocycles. The second kappa shape index (κ2) is 6.12.